The summed E-state index contributed by atoms with van der Waals surface area (Å²) in [6, 6.07) is -8.60. The predicted molar refractivity (Wildman–Crippen MR) is 285 cm³/mol. The van der Waals surface area contributed by atoms with E-state index in [0.717, 1.165) is 0 Å². The highest BCUT2D eigenvalue weighted by molar-refractivity contribution is 7.80. The molecule has 0 heterocycles. The van der Waals surface area contributed by atoms with Crippen LogP contribution in [-0.4, -0.2) is 233 Å². The number of aliphatic carboxylic acids is 8. The highest BCUT2D eigenvalue weighted by Gasteiger charge is 2.25. The van der Waals surface area contributed by atoms with Crippen LogP contribution in [0.2, 0.25) is 0 Å². The number of carbonyl (C=O) groups is 16. The molecule has 0 spiro atoms. The molecule has 0 saturated carbocycles. The van der Waals surface area contributed by atoms with E-state index in [2.05, 4.69) is 93.0 Å². The summed E-state index contributed by atoms with van der Waals surface area (Å²) in [5, 5.41) is 85.5. The Bertz CT molecular complexity index is 1840. The first kappa shape index (κ1) is 79.2. The summed E-state index contributed by atoms with van der Waals surface area (Å²) in [6.07, 6.45) is -0.940. The third-order valence-electron chi connectivity index (χ3n) is 8.99. The van der Waals surface area contributed by atoms with E-state index in [-0.39, 0.29) is 74.4 Å². The van der Waals surface area contributed by atoms with Gasteiger partial charge < -0.3 is 106 Å². The molecule has 456 valence electrons. The molecule has 0 saturated heterocycles. The molecule has 0 aliphatic heterocycles. The Hall–Kier alpha value is -7.24. The maximum atomic E-state index is 11.5. The minimum atomic E-state index is -1.22. The van der Waals surface area contributed by atoms with Crippen LogP contribution in [0.25, 0.3) is 0 Å². The summed E-state index contributed by atoms with van der Waals surface area (Å²) in [4.78, 5) is 175. The van der Waals surface area contributed by atoms with Gasteiger partial charge in [-0.15, -0.1) is 0 Å². The van der Waals surface area contributed by atoms with E-state index in [4.69, 9.17) is 63.8 Å². The number of carbonyl (C=O) groups excluding carboxylic acids is 8. The first-order valence-electron chi connectivity index (χ1n) is 22.6. The number of nitrogens with two attached hydrogens (primary N) is 4. The molecule has 24 N–H and O–H groups in total. The van der Waals surface area contributed by atoms with Crippen LogP contribution in [0.4, 0.5) is 0 Å². The molecule has 80 heavy (non-hydrogen) atoms. The van der Waals surface area contributed by atoms with E-state index in [1.807, 2.05) is 0 Å². The Morgan fingerprint density at radius 2 is 0.450 bits per heavy atom. The quantitative estimate of drug-likeness (QED) is 0.0259. The van der Waals surface area contributed by atoms with Crippen LogP contribution >= 0.6 is 50.5 Å². The van der Waals surface area contributed by atoms with Gasteiger partial charge in [0.1, 0.15) is 74.5 Å². The first-order valence-corrected chi connectivity index (χ1v) is 25.2. The molecule has 8 atom stereocenters. The molecule has 36 nitrogen and oxygen atoms in total. The molecule has 40 heteroatoms. The summed E-state index contributed by atoms with van der Waals surface area (Å²) in [6.45, 7) is -2.27. The third-order valence-corrected chi connectivity index (χ3v) is 10.5. The van der Waals surface area contributed by atoms with Gasteiger partial charge in [-0.3, -0.25) is 76.7 Å². The molecule has 0 radical (unpaired) electrons. The maximum absolute atomic E-state index is 11.5. The van der Waals surface area contributed by atoms with E-state index < -0.39 is 170 Å². The normalized spacial score (nSPS) is 13.1. The minimum absolute atomic E-state index is 0.0256. The lowest BCUT2D eigenvalue weighted by Crippen LogP contribution is -2.49. The van der Waals surface area contributed by atoms with Crippen LogP contribution in [0.3, 0.4) is 0 Å². The summed E-state index contributed by atoms with van der Waals surface area (Å²) in [5.74, 6) is -14.8. The number of carboxylic acid groups (broad SMARTS) is 8. The predicted octanol–water partition coefficient (Wildman–Crippen LogP) is -8.82. The monoisotopic (exact) mass is 1230 g/mol. The summed E-state index contributed by atoms with van der Waals surface area (Å²) < 4.78 is 0. The number of nitrogens with one attached hydrogen (secondary N) is 8. The molecule has 0 aromatic heterocycles. The maximum Gasteiger partial charge on any atom is 0.322 e. The third kappa shape index (κ3) is 43.7. The Labute approximate surface area is 475 Å². The van der Waals surface area contributed by atoms with Crippen molar-refractivity contribution in [3.8, 4) is 0 Å². The second-order valence-electron chi connectivity index (χ2n) is 15.6. The lowest BCUT2D eigenvalue weighted by atomic mass is 10.1. The van der Waals surface area contributed by atoms with Gasteiger partial charge in [-0.25, -0.2) is 0 Å². The molecule has 0 aromatic carbocycles. The van der Waals surface area contributed by atoms with Crippen LogP contribution in [0.5, 0.6) is 0 Å². The van der Waals surface area contributed by atoms with E-state index in [0.29, 0.717) is 0 Å². The molecule has 0 aromatic rings. The Balaban J connectivity index is -0.000000481. The summed E-state index contributed by atoms with van der Waals surface area (Å²) >= 11 is 15.5. The summed E-state index contributed by atoms with van der Waals surface area (Å²) in [5.41, 5.74) is 20.9. The number of amides is 8. The number of hydrogen-bond acceptors (Lipinski definition) is 24. The van der Waals surface area contributed by atoms with Crippen LogP contribution in [0.15, 0.2) is 0 Å². The smallest absolute Gasteiger partial charge is 0.322 e. The van der Waals surface area contributed by atoms with Gasteiger partial charge in [0.2, 0.25) is 47.3 Å². The fraction of sp³-hybridized carbons (Fsp3) is 0.600. The van der Waals surface area contributed by atoms with Gasteiger partial charge in [0.25, 0.3) is 0 Å². The number of thiol groups is 4. The van der Waals surface area contributed by atoms with Gasteiger partial charge in [-0.2, -0.15) is 50.5 Å². The van der Waals surface area contributed by atoms with Crippen molar-refractivity contribution in [2.45, 2.75) is 99.7 Å². The minimum Gasteiger partial charge on any atom is -0.480 e. The number of hydrogen-bond donors (Lipinski definition) is 24. The Morgan fingerprint density at radius 3 is 0.562 bits per heavy atom. The van der Waals surface area contributed by atoms with E-state index in [1.165, 1.54) is 0 Å². The van der Waals surface area contributed by atoms with Crippen molar-refractivity contribution >= 4 is 146 Å². The fourth-order valence-corrected chi connectivity index (χ4v) is 5.65. The van der Waals surface area contributed by atoms with Crippen molar-refractivity contribution in [3.63, 3.8) is 0 Å². The molecule has 0 aliphatic carbocycles. The first-order chi connectivity index (χ1) is 37.1. The fourth-order valence-electron chi connectivity index (χ4n) is 4.63. The lowest BCUT2D eigenvalue weighted by Gasteiger charge is -2.16. The van der Waals surface area contributed by atoms with Gasteiger partial charge in [0.15, 0.2) is 0 Å². The molecule has 0 rings (SSSR count). The standard InChI is InChI=1S/4C10H17N3O6S/c4*11-5(10(18)19)1-2-7(14)13-6(4-20)9(17)12-3-8(15)16/h4*5-6,20H,1-4,11H2,(H,12,17)(H,13,14)(H,15,16)(H,18,19). The topological polar surface area (TPSA) is 635 Å². The van der Waals surface area contributed by atoms with Gasteiger partial charge in [-0.1, -0.05) is 0 Å². The van der Waals surface area contributed by atoms with Gasteiger partial charge >= 0.3 is 47.8 Å². The second kappa shape index (κ2) is 45.6. The van der Waals surface area contributed by atoms with E-state index in [1.54, 1.807) is 0 Å². The van der Waals surface area contributed by atoms with Gasteiger partial charge in [0, 0.05) is 48.7 Å². The van der Waals surface area contributed by atoms with Crippen LogP contribution in [0.1, 0.15) is 51.4 Å². The zero-order valence-corrected chi connectivity index (χ0v) is 45.7. The number of carboxylic acids is 8. The zero-order valence-electron chi connectivity index (χ0n) is 42.1. The zero-order chi connectivity index (χ0) is 62.8. The van der Waals surface area contributed by atoms with Crippen molar-refractivity contribution in [1.82, 2.24) is 42.5 Å². The molecule has 8 unspecified atom stereocenters. The molecule has 8 amide bonds. The highest BCUT2D eigenvalue weighted by atomic mass is 32.1. The van der Waals surface area contributed by atoms with E-state index >= 15 is 0 Å². The SMILES string of the molecule is NC(CCC(=O)NC(CS)C(=O)NCC(=O)O)C(=O)O.NC(CCC(=O)NC(CS)C(=O)NCC(=O)O)C(=O)O.NC(CCC(=O)NC(CS)C(=O)NCC(=O)O)C(=O)O.NC(CCC(=O)NC(CS)C(=O)NCC(=O)O)C(=O)O. The van der Waals surface area contributed by atoms with Crippen molar-refractivity contribution in [3.05, 3.63) is 0 Å². The van der Waals surface area contributed by atoms with Crippen molar-refractivity contribution < 1.29 is 118 Å². The molecule has 0 fully saturated rings. The molecular formula is C40H68N12O24S4. The lowest BCUT2D eigenvalue weighted by molar-refractivity contribution is -0.140. The largest absolute Gasteiger partial charge is 0.480 e. The Morgan fingerprint density at radius 1 is 0.300 bits per heavy atom. The average molecular weight is 1230 g/mol. The van der Waals surface area contributed by atoms with E-state index in [9.17, 15) is 76.7 Å². The van der Waals surface area contributed by atoms with Gasteiger partial charge in [-0.05, 0) is 25.7 Å². The van der Waals surface area contributed by atoms with Crippen LogP contribution < -0.4 is 65.5 Å². The highest BCUT2D eigenvalue weighted by Crippen LogP contribution is 2.01. The number of rotatable bonds is 36. The average Bonchev–Trinajstić information content (AvgIpc) is 3.39. The van der Waals surface area contributed by atoms with Gasteiger partial charge in [0.05, 0.1) is 0 Å². The van der Waals surface area contributed by atoms with Crippen molar-refractivity contribution in [2.24, 2.45) is 22.9 Å². The molecule has 0 aliphatic rings. The second-order valence-corrected chi connectivity index (χ2v) is 17.1. The molecular weight excluding hydrogens is 1160 g/mol. The Kier molecular flexibility index (Phi) is 45.2. The van der Waals surface area contributed by atoms with Crippen molar-refractivity contribution in [1.29, 1.82) is 0 Å². The van der Waals surface area contributed by atoms with Crippen LogP contribution in [-0.2, 0) is 76.7 Å². The molecule has 0 bridgehead atoms. The van der Waals surface area contributed by atoms with Crippen molar-refractivity contribution in [2.75, 3.05) is 49.2 Å². The summed E-state index contributed by atoms with van der Waals surface area (Å²) in [7, 11) is 0. The van der Waals surface area contributed by atoms with Crippen LogP contribution in [0, 0.1) is 0 Å².